The topological polar surface area (TPSA) is 50.4 Å². The van der Waals surface area contributed by atoms with Gasteiger partial charge in [0.25, 0.3) is 0 Å². The SMILES string of the molecule is CCCCC(C)NC1CC1NC(=O)OC(C)(C)C. The van der Waals surface area contributed by atoms with Crippen molar-refractivity contribution in [3.8, 4) is 0 Å². The van der Waals surface area contributed by atoms with Crippen LogP contribution in [0.1, 0.15) is 60.3 Å². The minimum Gasteiger partial charge on any atom is -0.444 e. The molecule has 1 rings (SSSR count). The molecule has 0 heterocycles. The zero-order valence-electron chi connectivity index (χ0n) is 12.4. The van der Waals surface area contributed by atoms with Gasteiger partial charge in [0, 0.05) is 18.1 Å². The summed E-state index contributed by atoms with van der Waals surface area (Å²) in [6, 6.07) is 1.19. The maximum atomic E-state index is 11.6. The van der Waals surface area contributed by atoms with Crippen molar-refractivity contribution < 1.29 is 9.53 Å². The van der Waals surface area contributed by atoms with E-state index in [1.54, 1.807) is 0 Å². The second-order valence-corrected chi connectivity index (χ2v) is 6.30. The fourth-order valence-electron chi connectivity index (χ4n) is 1.96. The number of alkyl carbamates (subject to hydrolysis) is 1. The highest BCUT2D eigenvalue weighted by molar-refractivity contribution is 5.68. The van der Waals surface area contributed by atoms with Gasteiger partial charge in [-0.1, -0.05) is 19.8 Å². The molecule has 1 saturated carbocycles. The van der Waals surface area contributed by atoms with Gasteiger partial charge >= 0.3 is 6.09 Å². The van der Waals surface area contributed by atoms with E-state index in [0.29, 0.717) is 12.1 Å². The Bertz CT molecular complexity index is 273. The Balaban J connectivity index is 2.15. The van der Waals surface area contributed by atoms with Crippen LogP contribution < -0.4 is 10.6 Å². The molecule has 4 heteroatoms. The van der Waals surface area contributed by atoms with Gasteiger partial charge in [0.05, 0.1) is 0 Å². The van der Waals surface area contributed by atoms with Crippen LogP contribution in [-0.4, -0.2) is 29.8 Å². The van der Waals surface area contributed by atoms with E-state index < -0.39 is 5.60 Å². The minimum absolute atomic E-state index is 0.240. The number of carbonyl (C=O) groups excluding carboxylic acids is 1. The molecule has 106 valence electrons. The first-order valence-corrected chi connectivity index (χ1v) is 7.07. The molecule has 0 aromatic heterocycles. The fourth-order valence-corrected chi connectivity index (χ4v) is 1.96. The summed E-state index contributed by atoms with van der Waals surface area (Å²) in [5, 5.41) is 6.43. The van der Waals surface area contributed by atoms with Crippen LogP contribution in [0.2, 0.25) is 0 Å². The van der Waals surface area contributed by atoms with Crippen LogP contribution in [0.5, 0.6) is 0 Å². The molecule has 1 fully saturated rings. The van der Waals surface area contributed by atoms with E-state index in [4.69, 9.17) is 4.74 Å². The summed E-state index contributed by atoms with van der Waals surface area (Å²) in [6.45, 7) is 10.0. The van der Waals surface area contributed by atoms with Crippen molar-refractivity contribution >= 4 is 6.09 Å². The van der Waals surface area contributed by atoms with Crippen molar-refractivity contribution in [1.82, 2.24) is 10.6 Å². The molecule has 18 heavy (non-hydrogen) atoms. The number of ether oxygens (including phenoxy) is 1. The number of hydrogen-bond donors (Lipinski definition) is 2. The third-order valence-corrected chi connectivity index (χ3v) is 2.98. The number of rotatable bonds is 6. The molecular formula is C14H28N2O2. The van der Waals surface area contributed by atoms with E-state index in [9.17, 15) is 4.79 Å². The molecule has 0 bridgehead atoms. The van der Waals surface area contributed by atoms with Gasteiger partial charge in [0.1, 0.15) is 5.60 Å². The maximum Gasteiger partial charge on any atom is 0.407 e. The third kappa shape index (κ3) is 6.24. The highest BCUT2D eigenvalue weighted by Gasteiger charge is 2.39. The average Bonchev–Trinajstić information content (AvgIpc) is 2.90. The summed E-state index contributed by atoms with van der Waals surface area (Å²) in [5.74, 6) is 0. The van der Waals surface area contributed by atoms with Crippen LogP contribution in [0.25, 0.3) is 0 Å². The van der Waals surface area contributed by atoms with E-state index in [-0.39, 0.29) is 12.1 Å². The molecule has 1 amide bonds. The van der Waals surface area contributed by atoms with Crippen molar-refractivity contribution in [3.05, 3.63) is 0 Å². The predicted molar refractivity (Wildman–Crippen MR) is 73.7 cm³/mol. The molecule has 4 nitrogen and oxygen atoms in total. The van der Waals surface area contributed by atoms with Crippen LogP contribution in [0.3, 0.4) is 0 Å². The Morgan fingerprint density at radius 3 is 2.61 bits per heavy atom. The molecule has 0 aromatic carbocycles. The number of hydrogen-bond acceptors (Lipinski definition) is 3. The molecule has 0 radical (unpaired) electrons. The first-order valence-electron chi connectivity index (χ1n) is 7.07. The largest absolute Gasteiger partial charge is 0.444 e. The summed E-state index contributed by atoms with van der Waals surface area (Å²) in [4.78, 5) is 11.6. The van der Waals surface area contributed by atoms with Crippen LogP contribution in [0, 0.1) is 0 Å². The van der Waals surface area contributed by atoms with Crippen molar-refractivity contribution in [3.63, 3.8) is 0 Å². The molecule has 1 aliphatic rings. The van der Waals surface area contributed by atoms with Gasteiger partial charge in [0.2, 0.25) is 0 Å². The number of unbranched alkanes of at least 4 members (excludes halogenated alkanes) is 1. The minimum atomic E-state index is -0.420. The second-order valence-electron chi connectivity index (χ2n) is 6.30. The summed E-state index contributed by atoms with van der Waals surface area (Å²) >= 11 is 0. The molecular weight excluding hydrogens is 228 g/mol. The molecule has 2 N–H and O–H groups in total. The molecule has 0 aromatic rings. The van der Waals surface area contributed by atoms with E-state index in [2.05, 4.69) is 24.5 Å². The van der Waals surface area contributed by atoms with Crippen LogP contribution in [0.15, 0.2) is 0 Å². The van der Waals surface area contributed by atoms with Crippen LogP contribution in [-0.2, 0) is 4.74 Å². The van der Waals surface area contributed by atoms with E-state index in [1.165, 1.54) is 19.3 Å². The molecule has 0 spiro atoms. The monoisotopic (exact) mass is 256 g/mol. The fraction of sp³-hybridized carbons (Fsp3) is 0.929. The van der Waals surface area contributed by atoms with E-state index in [0.717, 1.165) is 6.42 Å². The first kappa shape index (κ1) is 15.3. The normalized spacial score (nSPS) is 24.5. The number of carbonyl (C=O) groups is 1. The van der Waals surface area contributed by atoms with Crippen LogP contribution in [0.4, 0.5) is 4.79 Å². The van der Waals surface area contributed by atoms with Gasteiger partial charge < -0.3 is 15.4 Å². The Hall–Kier alpha value is -0.770. The number of nitrogens with one attached hydrogen (secondary N) is 2. The zero-order valence-corrected chi connectivity index (χ0v) is 12.4. The number of amides is 1. The third-order valence-electron chi connectivity index (χ3n) is 2.98. The second kappa shape index (κ2) is 6.41. The Kier molecular flexibility index (Phi) is 5.45. The van der Waals surface area contributed by atoms with Crippen LogP contribution >= 0.6 is 0 Å². The smallest absolute Gasteiger partial charge is 0.407 e. The Morgan fingerprint density at radius 2 is 2.06 bits per heavy atom. The predicted octanol–water partition coefficient (Wildman–Crippen LogP) is 2.82. The zero-order chi connectivity index (χ0) is 13.8. The summed E-state index contributed by atoms with van der Waals surface area (Å²) < 4.78 is 5.23. The lowest BCUT2D eigenvalue weighted by atomic mass is 10.1. The van der Waals surface area contributed by atoms with Gasteiger partial charge in [0.15, 0.2) is 0 Å². The van der Waals surface area contributed by atoms with Gasteiger partial charge in [-0.05, 0) is 40.5 Å². The summed E-state index contributed by atoms with van der Waals surface area (Å²) in [5.41, 5.74) is -0.420. The maximum absolute atomic E-state index is 11.6. The van der Waals surface area contributed by atoms with E-state index in [1.807, 2.05) is 20.8 Å². The lowest BCUT2D eigenvalue weighted by molar-refractivity contribution is 0.0522. The van der Waals surface area contributed by atoms with Crippen molar-refractivity contribution in [1.29, 1.82) is 0 Å². The highest BCUT2D eigenvalue weighted by atomic mass is 16.6. The van der Waals surface area contributed by atoms with Crippen molar-refractivity contribution in [2.75, 3.05) is 0 Å². The Labute approximate surface area is 111 Å². The highest BCUT2D eigenvalue weighted by Crippen LogP contribution is 2.23. The molecule has 3 unspecified atom stereocenters. The lowest BCUT2D eigenvalue weighted by Crippen LogP contribution is -2.38. The Morgan fingerprint density at radius 1 is 1.39 bits per heavy atom. The van der Waals surface area contributed by atoms with Gasteiger partial charge in [-0.15, -0.1) is 0 Å². The molecule has 0 saturated heterocycles. The summed E-state index contributed by atoms with van der Waals surface area (Å²) in [6.07, 6.45) is 4.39. The standard InChI is InChI=1S/C14H28N2O2/c1-6-7-8-10(2)15-11-9-12(11)16-13(17)18-14(3,4)5/h10-12,15H,6-9H2,1-5H3,(H,16,17). The van der Waals surface area contributed by atoms with Gasteiger partial charge in [-0.3, -0.25) is 0 Å². The van der Waals surface area contributed by atoms with E-state index >= 15 is 0 Å². The van der Waals surface area contributed by atoms with Gasteiger partial charge in [-0.2, -0.15) is 0 Å². The average molecular weight is 256 g/mol. The quantitative estimate of drug-likeness (QED) is 0.768. The van der Waals surface area contributed by atoms with Gasteiger partial charge in [-0.25, -0.2) is 4.79 Å². The van der Waals surface area contributed by atoms with Crippen molar-refractivity contribution in [2.24, 2.45) is 0 Å². The molecule has 1 aliphatic carbocycles. The summed E-state index contributed by atoms with van der Waals surface area (Å²) in [7, 11) is 0. The van der Waals surface area contributed by atoms with Crippen molar-refractivity contribution in [2.45, 2.75) is 84.0 Å². The lowest BCUT2D eigenvalue weighted by Gasteiger charge is -2.20. The molecule has 0 aliphatic heterocycles. The molecule has 3 atom stereocenters. The first-order chi connectivity index (χ1) is 8.31.